The van der Waals surface area contributed by atoms with E-state index in [0.717, 1.165) is 0 Å². The number of carbonyl (C=O) groups excluding carboxylic acids is 1. The standard InChI is InChI=1S/C15H15N3O5/c1-22-10-7-8-12(14(9-10)23-2)17-15(19)16-11-5-3-4-6-13(11)18(20)21/h3-9H,1-2H3,(H2,16,17,19). The number of anilines is 2. The molecule has 2 N–H and O–H groups in total. The van der Waals surface area contributed by atoms with Crippen LogP contribution in [0.15, 0.2) is 42.5 Å². The van der Waals surface area contributed by atoms with Crippen LogP contribution in [0.3, 0.4) is 0 Å². The molecule has 0 aliphatic carbocycles. The van der Waals surface area contributed by atoms with Crippen LogP contribution >= 0.6 is 0 Å². The van der Waals surface area contributed by atoms with Gasteiger partial charge >= 0.3 is 6.03 Å². The number of hydrogen-bond donors (Lipinski definition) is 2. The lowest BCUT2D eigenvalue weighted by Gasteiger charge is -2.12. The van der Waals surface area contributed by atoms with Gasteiger partial charge in [0, 0.05) is 12.1 Å². The van der Waals surface area contributed by atoms with E-state index in [4.69, 9.17) is 9.47 Å². The number of nitrogens with one attached hydrogen (secondary N) is 2. The Morgan fingerprint density at radius 1 is 1.04 bits per heavy atom. The first kappa shape index (κ1) is 16.1. The third-order valence-electron chi connectivity index (χ3n) is 3.01. The molecule has 0 heterocycles. The van der Waals surface area contributed by atoms with Crippen LogP contribution in [-0.4, -0.2) is 25.2 Å². The largest absolute Gasteiger partial charge is 0.497 e. The second kappa shape index (κ2) is 7.12. The maximum atomic E-state index is 12.0. The number of nitro groups is 1. The van der Waals surface area contributed by atoms with E-state index in [1.807, 2.05) is 0 Å². The summed E-state index contributed by atoms with van der Waals surface area (Å²) in [4.78, 5) is 22.4. The third-order valence-corrected chi connectivity index (χ3v) is 3.01. The van der Waals surface area contributed by atoms with Crippen LogP contribution in [0.4, 0.5) is 21.9 Å². The molecule has 8 heteroatoms. The Balaban J connectivity index is 2.16. The first-order valence-electron chi connectivity index (χ1n) is 6.58. The average Bonchev–Trinajstić information content (AvgIpc) is 2.55. The summed E-state index contributed by atoms with van der Waals surface area (Å²) in [6.45, 7) is 0. The molecule has 0 saturated carbocycles. The molecular weight excluding hydrogens is 302 g/mol. The van der Waals surface area contributed by atoms with Crippen molar-refractivity contribution in [3.8, 4) is 11.5 Å². The van der Waals surface area contributed by atoms with Gasteiger partial charge in [-0.2, -0.15) is 0 Å². The Morgan fingerprint density at radius 2 is 1.74 bits per heavy atom. The smallest absolute Gasteiger partial charge is 0.323 e. The van der Waals surface area contributed by atoms with Crippen molar-refractivity contribution >= 4 is 23.1 Å². The maximum Gasteiger partial charge on any atom is 0.323 e. The molecule has 0 spiro atoms. The summed E-state index contributed by atoms with van der Waals surface area (Å²) >= 11 is 0. The quantitative estimate of drug-likeness (QED) is 0.651. The molecule has 0 atom stereocenters. The minimum Gasteiger partial charge on any atom is -0.497 e. The lowest BCUT2D eigenvalue weighted by molar-refractivity contribution is -0.383. The minimum atomic E-state index is -0.622. The molecule has 0 radical (unpaired) electrons. The number of nitrogens with zero attached hydrogens (tertiary/aromatic N) is 1. The molecule has 8 nitrogen and oxygen atoms in total. The summed E-state index contributed by atoms with van der Waals surface area (Å²) in [5, 5.41) is 15.9. The highest BCUT2D eigenvalue weighted by atomic mass is 16.6. The van der Waals surface area contributed by atoms with Gasteiger partial charge in [0.1, 0.15) is 17.2 Å². The molecule has 0 aliphatic rings. The van der Waals surface area contributed by atoms with Gasteiger partial charge in [0.2, 0.25) is 0 Å². The highest BCUT2D eigenvalue weighted by Gasteiger charge is 2.15. The number of benzene rings is 2. The lowest BCUT2D eigenvalue weighted by atomic mass is 10.2. The zero-order chi connectivity index (χ0) is 16.8. The highest BCUT2D eigenvalue weighted by molar-refractivity contribution is 6.02. The topological polar surface area (TPSA) is 103 Å². The Bertz CT molecular complexity index is 733. The lowest BCUT2D eigenvalue weighted by Crippen LogP contribution is -2.20. The van der Waals surface area contributed by atoms with Gasteiger partial charge in [-0.1, -0.05) is 12.1 Å². The molecular formula is C15H15N3O5. The number of nitro benzene ring substituents is 1. The van der Waals surface area contributed by atoms with Crippen molar-refractivity contribution in [2.24, 2.45) is 0 Å². The van der Waals surface area contributed by atoms with Crippen molar-refractivity contribution < 1.29 is 19.2 Å². The molecule has 2 aromatic carbocycles. The summed E-state index contributed by atoms with van der Waals surface area (Å²) in [5.41, 5.74) is 0.316. The first-order chi connectivity index (χ1) is 11.0. The van der Waals surface area contributed by atoms with E-state index in [9.17, 15) is 14.9 Å². The number of ether oxygens (including phenoxy) is 2. The van der Waals surface area contributed by atoms with E-state index in [1.165, 1.54) is 32.4 Å². The van der Waals surface area contributed by atoms with Crippen molar-refractivity contribution in [2.45, 2.75) is 0 Å². The molecule has 23 heavy (non-hydrogen) atoms. The number of para-hydroxylation sites is 2. The van der Waals surface area contributed by atoms with Gasteiger partial charge in [0.05, 0.1) is 24.8 Å². The fourth-order valence-electron chi connectivity index (χ4n) is 1.92. The van der Waals surface area contributed by atoms with Crippen molar-refractivity contribution in [2.75, 3.05) is 24.9 Å². The van der Waals surface area contributed by atoms with Crippen LogP contribution in [-0.2, 0) is 0 Å². The maximum absolute atomic E-state index is 12.0. The van der Waals surface area contributed by atoms with Crippen LogP contribution in [0.1, 0.15) is 0 Å². The monoisotopic (exact) mass is 317 g/mol. The molecule has 2 rings (SSSR count). The van der Waals surface area contributed by atoms with E-state index < -0.39 is 11.0 Å². The van der Waals surface area contributed by atoms with E-state index >= 15 is 0 Å². The van der Waals surface area contributed by atoms with Gasteiger partial charge in [0.15, 0.2) is 0 Å². The van der Waals surface area contributed by atoms with E-state index in [-0.39, 0.29) is 11.4 Å². The van der Waals surface area contributed by atoms with Gasteiger partial charge in [-0.05, 0) is 18.2 Å². The highest BCUT2D eigenvalue weighted by Crippen LogP contribution is 2.29. The van der Waals surface area contributed by atoms with Crippen LogP contribution in [0, 0.1) is 10.1 Å². The number of methoxy groups -OCH3 is 2. The number of amides is 2. The molecule has 2 amide bonds. The van der Waals surface area contributed by atoms with E-state index in [0.29, 0.717) is 17.2 Å². The van der Waals surface area contributed by atoms with E-state index in [2.05, 4.69) is 10.6 Å². The van der Waals surface area contributed by atoms with Crippen LogP contribution in [0.25, 0.3) is 0 Å². The summed E-state index contributed by atoms with van der Waals surface area (Å²) in [6, 6.07) is 10.1. The molecule has 2 aromatic rings. The molecule has 0 aliphatic heterocycles. The molecule has 120 valence electrons. The number of rotatable bonds is 5. The van der Waals surface area contributed by atoms with Crippen molar-refractivity contribution in [1.82, 2.24) is 0 Å². The van der Waals surface area contributed by atoms with Crippen LogP contribution in [0.2, 0.25) is 0 Å². The zero-order valence-corrected chi connectivity index (χ0v) is 12.5. The van der Waals surface area contributed by atoms with Gasteiger partial charge in [-0.15, -0.1) is 0 Å². The van der Waals surface area contributed by atoms with Gasteiger partial charge in [-0.25, -0.2) is 4.79 Å². The number of hydrogen-bond acceptors (Lipinski definition) is 5. The Labute approximate surface area is 132 Å². The first-order valence-corrected chi connectivity index (χ1v) is 6.58. The summed E-state index contributed by atoms with van der Waals surface area (Å²) in [5.74, 6) is 0.980. The predicted molar refractivity (Wildman–Crippen MR) is 85.3 cm³/mol. The Morgan fingerprint density at radius 3 is 2.39 bits per heavy atom. The fraction of sp³-hybridized carbons (Fsp3) is 0.133. The molecule has 0 unspecified atom stereocenters. The molecule has 0 saturated heterocycles. The van der Waals surface area contributed by atoms with Crippen LogP contribution < -0.4 is 20.1 Å². The minimum absolute atomic E-state index is 0.0995. The van der Waals surface area contributed by atoms with Crippen LogP contribution in [0.5, 0.6) is 11.5 Å². The Hall–Kier alpha value is -3.29. The molecule has 0 fully saturated rings. The average molecular weight is 317 g/mol. The number of carbonyl (C=O) groups is 1. The molecule has 0 bridgehead atoms. The predicted octanol–water partition coefficient (Wildman–Crippen LogP) is 3.26. The second-order valence-electron chi connectivity index (χ2n) is 4.42. The van der Waals surface area contributed by atoms with Gasteiger partial charge in [0.25, 0.3) is 5.69 Å². The van der Waals surface area contributed by atoms with Crippen molar-refractivity contribution in [1.29, 1.82) is 0 Å². The normalized spacial score (nSPS) is 9.83. The third kappa shape index (κ3) is 3.88. The van der Waals surface area contributed by atoms with Gasteiger partial charge in [-0.3, -0.25) is 10.1 Å². The summed E-state index contributed by atoms with van der Waals surface area (Å²) < 4.78 is 10.2. The summed E-state index contributed by atoms with van der Waals surface area (Å²) in [7, 11) is 2.98. The molecule has 0 aromatic heterocycles. The Kier molecular flexibility index (Phi) is 4.98. The van der Waals surface area contributed by atoms with E-state index in [1.54, 1.807) is 24.3 Å². The zero-order valence-electron chi connectivity index (χ0n) is 12.5. The summed E-state index contributed by atoms with van der Waals surface area (Å²) in [6.07, 6.45) is 0. The van der Waals surface area contributed by atoms with Crippen molar-refractivity contribution in [3.63, 3.8) is 0 Å². The number of urea groups is 1. The second-order valence-corrected chi connectivity index (χ2v) is 4.42. The van der Waals surface area contributed by atoms with Gasteiger partial charge < -0.3 is 20.1 Å². The fourth-order valence-corrected chi connectivity index (χ4v) is 1.92. The SMILES string of the molecule is COc1ccc(NC(=O)Nc2ccccc2[N+](=O)[O-])c(OC)c1. The van der Waals surface area contributed by atoms with Crippen molar-refractivity contribution in [3.05, 3.63) is 52.6 Å².